The number of aliphatic imine (C=N–C) groups is 1. The maximum Gasteiger partial charge on any atom is 0.278 e. The smallest absolute Gasteiger partial charge is 0.278 e. The first-order valence-corrected chi connectivity index (χ1v) is 9.69. The lowest BCUT2D eigenvalue weighted by Crippen LogP contribution is -2.31. The molecule has 29 heavy (non-hydrogen) atoms. The highest BCUT2D eigenvalue weighted by molar-refractivity contribution is 8.93. The standard InChI is InChI=1S/C22H20N2O3S.BrH/c1-3-13-24-21(26)19(14-16-7-5-4-6-8-16)23-22(24)28-15-20(25)17-9-11-18(27-2)12-10-17;/h3-12,14H,1,13,15H2,2H3;1H/b19-14+;. The Balaban J connectivity index is 0.00000300. The first-order valence-electron chi connectivity index (χ1n) is 8.70. The van der Waals surface area contributed by atoms with Crippen molar-refractivity contribution in [3.8, 4) is 5.75 Å². The molecule has 0 radical (unpaired) electrons. The van der Waals surface area contributed by atoms with Crippen LogP contribution in [-0.2, 0) is 4.79 Å². The van der Waals surface area contributed by atoms with Crippen molar-refractivity contribution in [2.75, 3.05) is 19.4 Å². The number of ketones is 1. The molecule has 7 heteroatoms. The van der Waals surface area contributed by atoms with Gasteiger partial charge in [0.05, 0.1) is 12.9 Å². The SMILES string of the molecule is Br.C=CCN1C(=O)/C(=C\c2ccccc2)N=C1SCC(=O)c1ccc(OC)cc1. The summed E-state index contributed by atoms with van der Waals surface area (Å²) in [5.41, 5.74) is 1.84. The molecule has 1 aliphatic rings. The van der Waals surface area contributed by atoms with E-state index in [-0.39, 0.29) is 34.4 Å². The molecular formula is C22H21BrN2O3S. The highest BCUT2D eigenvalue weighted by Gasteiger charge is 2.30. The number of thioether (sulfide) groups is 1. The fourth-order valence-electron chi connectivity index (χ4n) is 2.63. The molecule has 1 heterocycles. The molecule has 1 aliphatic heterocycles. The number of ether oxygens (including phenoxy) is 1. The van der Waals surface area contributed by atoms with Gasteiger partial charge in [-0.1, -0.05) is 48.2 Å². The first kappa shape index (κ1) is 22.6. The molecule has 0 aromatic heterocycles. The molecule has 3 rings (SSSR count). The van der Waals surface area contributed by atoms with Crippen molar-refractivity contribution >= 4 is 51.7 Å². The molecule has 150 valence electrons. The Morgan fingerprint density at radius 3 is 2.48 bits per heavy atom. The van der Waals surface area contributed by atoms with Crippen molar-refractivity contribution in [3.05, 3.63) is 84.1 Å². The number of rotatable bonds is 7. The minimum absolute atomic E-state index is 0. The molecule has 0 atom stereocenters. The molecule has 0 saturated heterocycles. The summed E-state index contributed by atoms with van der Waals surface area (Å²) in [7, 11) is 1.58. The topological polar surface area (TPSA) is 59.0 Å². The van der Waals surface area contributed by atoms with Crippen LogP contribution in [0.4, 0.5) is 0 Å². The maximum absolute atomic E-state index is 12.7. The van der Waals surface area contributed by atoms with E-state index in [1.54, 1.807) is 43.5 Å². The Morgan fingerprint density at radius 2 is 1.86 bits per heavy atom. The summed E-state index contributed by atoms with van der Waals surface area (Å²) in [4.78, 5) is 31.1. The summed E-state index contributed by atoms with van der Waals surface area (Å²) < 4.78 is 5.11. The van der Waals surface area contributed by atoms with Crippen LogP contribution in [0.3, 0.4) is 0 Å². The van der Waals surface area contributed by atoms with E-state index in [0.717, 1.165) is 5.56 Å². The van der Waals surface area contributed by atoms with Gasteiger partial charge < -0.3 is 4.74 Å². The number of hydrogen-bond donors (Lipinski definition) is 0. The van der Waals surface area contributed by atoms with Crippen LogP contribution in [0.25, 0.3) is 6.08 Å². The maximum atomic E-state index is 12.7. The lowest BCUT2D eigenvalue weighted by Gasteiger charge is -2.15. The molecular weight excluding hydrogens is 452 g/mol. The molecule has 0 N–H and O–H groups in total. The molecule has 1 amide bonds. The zero-order valence-corrected chi connectivity index (χ0v) is 18.4. The average molecular weight is 473 g/mol. The number of halogens is 1. The van der Waals surface area contributed by atoms with Gasteiger partial charge in [-0.25, -0.2) is 4.99 Å². The predicted octanol–water partition coefficient (Wildman–Crippen LogP) is 4.61. The monoisotopic (exact) mass is 472 g/mol. The average Bonchev–Trinajstić information content (AvgIpc) is 3.02. The van der Waals surface area contributed by atoms with Gasteiger partial charge in [-0.2, -0.15) is 0 Å². The van der Waals surface area contributed by atoms with Gasteiger partial charge in [-0.05, 0) is 35.9 Å². The Kier molecular flexibility index (Phi) is 8.42. The van der Waals surface area contributed by atoms with Crippen molar-refractivity contribution in [2.45, 2.75) is 0 Å². The van der Waals surface area contributed by atoms with E-state index in [1.165, 1.54) is 16.7 Å². The van der Waals surface area contributed by atoms with Crippen LogP contribution < -0.4 is 4.74 Å². The summed E-state index contributed by atoms with van der Waals surface area (Å²) in [5, 5.41) is 0.508. The number of amides is 1. The number of carbonyl (C=O) groups is 2. The van der Waals surface area contributed by atoms with Gasteiger partial charge in [0.25, 0.3) is 5.91 Å². The fourth-order valence-corrected chi connectivity index (χ4v) is 3.53. The lowest BCUT2D eigenvalue weighted by atomic mass is 10.1. The number of hydrogen-bond acceptors (Lipinski definition) is 5. The highest BCUT2D eigenvalue weighted by Crippen LogP contribution is 2.25. The number of Topliss-reactive ketones (excluding diaryl/α,β-unsaturated/α-hetero) is 1. The third-order valence-electron chi connectivity index (χ3n) is 4.07. The first-order chi connectivity index (χ1) is 13.6. The van der Waals surface area contributed by atoms with Gasteiger partial charge in [0.15, 0.2) is 11.0 Å². The molecule has 0 spiro atoms. The minimum atomic E-state index is -0.192. The van der Waals surface area contributed by atoms with Crippen LogP contribution in [-0.4, -0.2) is 41.2 Å². The third-order valence-corrected chi connectivity index (χ3v) is 5.05. The molecule has 0 aliphatic carbocycles. The summed E-state index contributed by atoms with van der Waals surface area (Å²) >= 11 is 1.25. The number of carbonyl (C=O) groups excluding carboxylic acids is 2. The molecule has 0 fully saturated rings. The summed E-state index contributed by atoms with van der Waals surface area (Å²) in [6, 6.07) is 16.5. The van der Waals surface area contributed by atoms with Gasteiger partial charge in [-0.15, -0.1) is 23.6 Å². The van der Waals surface area contributed by atoms with Crippen molar-refractivity contribution < 1.29 is 14.3 Å². The zero-order chi connectivity index (χ0) is 19.9. The second kappa shape index (κ2) is 10.8. The zero-order valence-electron chi connectivity index (χ0n) is 15.9. The second-order valence-electron chi connectivity index (χ2n) is 5.98. The predicted molar refractivity (Wildman–Crippen MR) is 124 cm³/mol. The highest BCUT2D eigenvalue weighted by atomic mass is 79.9. The lowest BCUT2D eigenvalue weighted by molar-refractivity contribution is -0.122. The number of methoxy groups -OCH3 is 1. The quantitative estimate of drug-likeness (QED) is 0.335. The van der Waals surface area contributed by atoms with Crippen LogP contribution in [0.5, 0.6) is 5.75 Å². The van der Waals surface area contributed by atoms with E-state index in [0.29, 0.717) is 28.7 Å². The second-order valence-corrected chi connectivity index (χ2v) is 6.92. The van der Waals surface area contributed by atoms with Gasteiger partial charge >= 0.3 is 0 Å². The summed E-state index contributed by atoms with van der Waals surface area (Å²) in [6.07, 6.45) is 3.39. The van der Waals surface area contributed by atoms with E-state index in [2.05, 4.69) is 11.6 Å². The van der Waals surface area contributed by atoms with Crippen molar-refractivity contribution in [2.24, 2.45) is 4.99 Å². The van der Waals surface area contributed by atoms with Crippen LogP contribution >= 0.6 is 28.7 Å². The molecule has 5 nitrogen and oxygen atoms in total. The number of amidine groups is 1. The largest absolute Gasteiger partial charge is 0.497 e. The normalized spacial score (nSPS) is 14.4. The van der Waals surface area contributed by atoms with Crippen LogP contribution in [0.1, 0.15) is 15.9 Å². The minimum Gasteiger partial charge on any atom is -0.497 e. The Morgan fingerprint density at radius 1 is 1.17 bits per heavy atom. The number of nitrogens with zero attached hydrogens (tertiary/aromatic N) is 2. The third kappa shape index (κ3) is 5.68. The molecule has 0 bridgehead atoms. The summed E-state index contributed by atoms with van der Waals surface area (Å²) in [5.74, 6) is 0.651. The molecule has 0 saturated carbocycles. The van der Waals surface area contributed by atoms with E-state index < -0.39 is 0 Å². The van der Waals surface area contributed by atoms with E-state index in [4.69, 9.17) is 4.74 Å². The fraction of sp³-hybridized carbons (Fsp3) is 0.136. The van der Waals surface area contributed by atoms with Crippen molar-refractivity contribution in [3.63, 3.8) is 0 Å². The van der Waals surface area contributed by atoms with Crippen LogP contribution in [0, 0.1) is 0 Å². The molecule has 2 aromatic carbocycles. The van der Waals surface area contributed by atoms with Crippen molar-refractivity contribution in [1.82, 2.24) is 4.90 Å². The molecule has 2 aromatic rings. The van der Waals surface area contributed by atoms with Crippen LogP contribution in [0.15, 0.2) is 77.9 Å². The number of benzene rings is 2. The van der Waals surface area contributed by atoms with Crippen LogP contribution in [0.2, 0.25) is 0 Å². The van der Waals surface area contributed by atoms with E-state index >= 15 is 0 Å². The van der Waals surface area contributed by atoms with Gasteiger partial charge in [0.2, 0.25) is 0 Å². The summed E-state index contributed by atoms with van der Waals surface area (Å²) in [6.45, 7) is 4.05. The van der Waals surface area contributed by atoms with E-state index in [9.17, 15) is 9.59 Å². The van der Waals surface area contributed by atoms with Gasteiger partial charge in [0, 0.05) is 12.1 Å². The van der Waals surface area contributed by atoms with E-state index in [1.807, 2.05) is 30.3 Å². The molecule has 0 unspecified atom stereocenters. The Bertz CT molecular complexity index is 940. The van der Waals surface area contributed by atoms with Gasteiger partial charge in [-0.3, -0.25) is 14.5 Å². The Labute approximate surface area is 184 Å². The van der Waals surface area contributed by atoms with Gasteiger partial charge in [0.1, 0.15) is 11.4 Å². The Hall–Kier alpha value is -2.64. The van der Waals surface area contributed by atoms with Crippen molar-refractivity contribution in [1.29, 1.82) is 0 Å².